The van der Waals surface area contributed by atoms with E-state index in [0.717, 1.165) is 23.8 Å². The van der Waals surface area contributed by atoms with Crippen LogP contribution in [0.3, 0.4) is 0 Å². The average molecular weight is 331 g/mol. The third kappa shape index (κ3) is 5.65. The van der Waals surface area contributed by atoms with Gasteiger partial charge in [-0.25, -0.2) is 0 Å². The molecule has 1 aliphatic rings. The molecule has 2 nitrogen and oxygen atoms in total. The van der Waals surface area contributed by atoms with E-state index in [1.54, 1.807) is 0 Å². The van der Waals surface area contributed by atoms with Gasteiger partial charge in [-0.15, -0.1) is 0 Å². The highest BCUT2D eigenvalue weighted by atomic mass is 16.4. The van der Waals surface area contributed by atoms with Crippen molar-refractivity contribution in [3.8, 4) is 0 Å². The molecule has 1 aromatic rings. The van der Waals surface area contributed by atoms with E-state index in [1.807, 2.05) is 19.1 Å². The lowest BCUT2D eigenvalue weighted by Crippen LogP contribution is -2.15. The van der Waals surface area contributed by atoms with Gasteiger partial charge in [0.1, 0.15) is 0 Å². The molecular weight excluding hydrogens is 296 g/mol. The summed E-state index contributed by atoms with van der Waals surface area (Å²) < 4.78 is 0. The summed E-state index contributed by atoms with van der Waals surface area (Å²) in [5, 5.41) is 9.24. The molecule has 0 saturated heterocycles. The molecule has 134 valence electrons. The van der Waals surface area contributed by atoms with Gasteiger partial charge in [0.05, 0.1) is 5.92 Å². The topological polar surface area (TPSA) is 37.3 Å². The number of unbranched alkanes of at least 4 members (excludes halogenated alkanes) is 1. The molecule has 1 fully saturated rings. The molecular formula is C22H34O2. The van der Waals surface area contributed by atoms with Gasteiger partial charge in [0, 0.05) is 0 Å². The third-order valence-electron chi connectivity index (χ3n) is 5.86. The van der Waals surface area contributed by atoms with Gasteiger partial charge in [-0.2, -0.15) is 0 Å². The van der Waals surface area contributed by atoms with Crippen LogP contribution in [0.15, 0.2) is 24.3 Å². The zero-order valence-electron chi connectivity index (χ0n) is 15.5. The summed E-state index contributed by atoms with van der Waals surface area (Å²) in [7, 11) is 0. The molecule has 0 amide bonds. The van der Waals surface area contributed by atoms with Gasteiger partial charge >= 0.3 is 5.97 Å². The van der Waals surface area contributed by atoms with Crippen molar-refractivity contribution in [2.24, 2.45) is 11.8 Å². The number of carboxylic acid groups (broad SMARTS) is 1. The molecule has 2 rings (SSSR count). The maximum absolute atomic E-state index is 11.2. The number of aliphatic carboxylic acids is 1. The van der Waals surface area contributed by atoms with Gasteiger partial charge in [-0.3, -0.25) is 4.79 Å². The van der Waals surface area contributed by atoms with E-state index in [-0.39, 0.29) is 5.92 Å². The lowest BCUT2D eigenvalue weighted by atomic mass is 9.78. The largest absolute Gasteiger partial charge is 0.481 e. The maximum atomic E-state index is 11.2. The Hall–Kier alpha value is -1.31. The minimum atomic E-state index is -0.718. The van der Waals surface area contributed by atoms with Gasteiger partial charge in [-0.05, 0) is 42.2 Å². The van der Waals surface area contributed by atoms with Crippen molar-refractivity contribution in [2.45, 2.75) is 84.0 Å². The lowest BCUT2D eigenvalue weighted by Gasteiger charge is -2.28. The van der Waals surface area contributed by atoms with Gasteiger partial charge in [0.15, 0.2) is 0 Å². The number of hydrogen-bond acceptors (Lipinski definition) is 1. The van der Waals surface area contributed by atoms with Crippen molar-refractivity contribution in [1.82, 2.24) is 0 Å². The van der Waals surface area contributed by atoms with E-state index in [9.17, 15) is 9.90 Å². The van der Waals surface area contributed by atoms with Crippen LogP contribution in [-0.2, 0) is 11.2 Å². The third-order valence-corrected chi connectivity index (χ3v) is 5.86. The molecule has 1 atom stereocenters. The predicted octanol–water partition coefficient (Wildman–Crippen LogP) is 6.19. The number of rotatable bonds is 9. The Kier molecular flexibility index (Phi) is 7.81. The summed E-state index contributed by atoms with van der Waals surface area (Å²) in [6.45, 7) is 4.22. The first-order chi connectivity index (χ1) is 11.6. The first kappa shape index (κ1) is 19.0. The van der Waals surface area contributed by atoms with Crippen molar-refractivity contribution < 1.29 is 9.90 Å². The highest BCUT2D eigenvalue weighted by molar-refractivity contribution is 5.75. The van der Waals surface area contributed by atoms with Crippen LogP contribution in [0, 0.1) is 11.8 Å². The highest BCUT2D eigenvalue weighted by Crippen LogP contribution is 2.34. The number of aryl methyl sites for hydroxylation is 1. The van der Waals surface area contributed by atoms with Crippen LogP contribution in [0.2, 0.25) is 0 Å². The van der Waals surface area contributed by atoms with E-state index < -0.39 is 5.97 Å². The fourth-order valence-corrected chi connectivity index (χ4v) is 4.14. The Labute approximate surface area is 147 Å². The summed E-state index contributed by atoms with van der Waals surface area (Å²) in [5.74, 6) is 0.801. The fraction of sp³-hybridized carbons (Fsp3) is 0.682. The van der Waals surface area contributed by atoms with Crippen molar-refractivity contribution in [2.75, 3.05) is 0 Å². The predicted molar refractivity (Wildman–Crippen MR) is 100 cm³/mol. The summed E-state index contributed by atoms with van der Waals surface area (Å²) in [5.41, 5.74) is 2.29. The molecule has 2 heteroatoms. The van der Waals surface area contributed by atoms with Crippen LogP contribution in [0.5, 0.6) is 0 Å². The van der Waals surface area contributed by atoms with Gasteiger partial charge < -0.3 is 5.11 Å². The Morgan fingerprint density at radius 2 is 1.62 bits per heavy atom. The fourth-order valence-electron chi connectivity index (χ4n) is 4.14. The average Bonchev–Trinajstić information content (AvgIpc) is 2.60. The second kappa shape index (κ2) is 9.86. The summed E-state index contributed by atoms with van der Waals surface area (Å²) >= 11 is 0. The molecule has 1 unspecified atom stereocenters. The maximum Gasteiger partial charge on any atom is 0.310 e. The van der Waals surface area contributed by atoms with Crippen LogP contribution in [0.25, 0.3) is 0 Å². The van der Waals surface area contributed by atoms with Crippen molar-refractivity contribution >= 4 is 5.97 Å². The molecule has 0 radical (unpaired) electrons. The van der Waals surface area contributed by atoms with Crippen LogP contribution >= 0.6 is 0 Å². The van der Waals surface area contributed by atoms with E-state index in [1.165, 1.54) is 56.9 Å². The zero-order chi connectivity index (χ0) is 17.4. The second-order valence-electron chi connectivity index (χ2n) is 7.61. The van der Waals surface area contributed by atoms with Crippen molar-refractivity contribution in [1.29, 1.82) is 0 Å². The van der Waals surface area contributed by atoms with Crippen molar-refractivity contribution in [3.05, 3.63) is 35.4 Å². The lowest BCUT2D eigenvalue weighted by molar-refractivity contribution is -0.138. The van der Waals surface area contributed by atoms with E-state index >= 15 is 0 Å². The first-order valence-corrected chi connectivity index (χ1v) is 9.95. The Bertz CT molecular complexity index is 483. The molecule has 1 aromatic carbocycles. The van der Waals surface area contributed by atoms with Gasteiger partial charge in [0.25, 0.3) is 0 Å². The SMILES string of the molecule is CCCC[C@H]1CC[C@H](CCc2ccc(C(CC)C(=O)O)cc2)CC1. The minimum Gasteiger partial charge on any atom is -0.481 e. The minimum absolute atomic E-state index is 0.363. The Morgan fingerprint density at radius 1 is 1.04 bits per heavy atom. The zero-order valence-corrected chi connectivity index (χ0v) is 15.5. The Balaban J connectivity index is 1.76. The number of hydrogen-bond donors (Lipinski definition) is 1. The molecule has 0 aliphatic heterocycles. The first-order valence-electron chi connectivity index (χ1n) is 9.95. The van der Waals surface area contributed by atoms with E-state index in [2.05, 4.69) is 19.1 Å². The van der Waals surface area contributed by atoms with Crippen LogP contribution in [0.1, 0.15) is 88.7 Å². The smallest absolute Gasteiger partial charge is 0.310 e. The Morgan fingerprint density at radius 3 is 2.12 bits per heavy atom. The molecule has 0 aromatic heterocycles. The quantitative estimate of drug-likeness (QED) is 0.586. The summed E-state index contributed by atoms with van der Waals surface area (Å²) in [6, 6.07) is 8.29. The molecule has 1 N–H and O–H groups in total. The highest BCUT2D eigenvalue weighted by Gasteiger charge is 2.21. The monoisotopic (exact) mass is 330 g/mol. The van der Waals surface area contributed by atoms with Gasteiger partial charge in [-0.1, -0.05) is 83.1 Å². The van der Waals surface area contributed by atoms with Gasteiger partial charge in [0.2, 0.25) is 0 Å². The summed E-state index contributed by atoms with van der Waals surface area (Å²) in [6.07, 6.45) is 12.9. The molecule has 0 bridgehead atoms. The van der Waals surface area contributed by atoms with E-state index in [4.69, 9.17) is 0 Å². The normalized spacial score (nSPS) is 22.2. The van der Waals surface area contributed by atoms with Crippen LogP contribution in [0.4, 0.5) is 0 Å². The molecule has 0 heterocycles. The summed E-state index contributed by atoms with van der Waals surface area (Å²) in [4.78, 5) is 11.2. The molecule has 0 spiro atoms. The number of benzene rings is 1. The van der Waals surface area contributed by atoms with Crippen LogP contribution < -0.4 is 0 Å². The molecule has 24 heavy (non-hydrogen) atoms. The molecule has 1 aliphatic carbocycles. The van der Waals surface area contributed by atoms with E-state index in [0.29, 0.717) is 6.42 Å². The second-order valence-corrected chi connectivity index (χ2v) is 7.61. The van der Waals surface area contributed by atoms with Crippen molar-refractivity contribution in [3.63, 3.8) is 0 Å². The molecule has 1 saturated carbocycles. The number of carboxylic acids is 1. The van der Waals surface area contributed by atoms with Crippen LogP contribution in [-0.4, -0.2) is 11.1 Å². The standard InChI is InChI=1S/C22H34O2/c1-3-5-6-17-7-9-18(10-8-17)11-12-19-13-15-20(16-14-19)21(4-2)22(23)24/h13-18,21H,3-12H2,1-2H3,(H,23,24)/t17-,18-,21?. The number of carbonyl (C=O) groups is 1.